The first-order valence-corrected chi connectivity index (χ1v) is 10.6. The van der Waals surface area contributed by atoms with Gasteiger partial charge in [-0.3, -0.25) is 9.78 Å². The predicted octanol–water partition coefficient (Wildman–Crippen LogP) is 3.44. The molecule has 1 saturated heterocycles. The lowest BCUT2D eigenvalue weighted by Gasteiger charge is -2.27. The van der Waals surface area contributed by atoms with Crippen LogP contribution in [0.1, 0.15) is 49.3 Å². The van der Waals surface area contributed by atoms with Crippen LogP contribution in [-0.2, 0) is 11.3 Å². The summed E-state index contributed by atoms with van der Waals surface area (Å²) in [5, 5.41) is 5.64. The average Bonchev–Trinajstić information content (AvgIpc) is 3.40. The van der Waals surface area contributed by atoms with Crippen LogP contribution in [-0.4, -0.2) is 47.2 Å². The topological polar surface area (TPSA) is 84.0 Å². The van der Waals surface area contributed by atoms with Crippen molar-refractivity contribution in [3.8, 4) is 11.5 Å². The molecule has 1 aromatic heterocycles. The van der Waals surface area contributed by atoms with Crippen molar-refractivity contribution in [1.29, 1.82) is 0 Å². The number of hydrazine groups is 1. The fourth-order valence-electron chi connectivity index (χ4n) is 4.22. The molecule has 2 aliphatic rings. The molecule has 1 aliphatic carbocycles. The molecule has 1 atom stereocenters. The van der Waals surface area contributed by atoms with Crippen molar-refractivity contribution in [3.63, 3.8) is 0 Å². The van der Waals surface area contributed by atoms with Crippen molar-refractivity contribution in [2.45, 2.75) is 50.8 Å². The molecule has 31 heavy (non-hydrogen) atoms. The van der Waals surface area contributed by atoms with Crippen LogP contribution in [0.25, 0.3) is 0 Å². The van der Waals surface area contributed by atoms with Gasteiger partial charge in [-0.1, -0.05) is 12.1 Å². The van der Waals surface area contributed by atoms with Gasteiger partial charge < -0.3 is 14.8 Å². The van der Waals surface area contributed by atoms with Gasteiger partial charge in [-0.25, -0.2) is 9.80 Å². The maximum Gasteiger partial charge on any atom is 0.339 e. The third kappa shape index (κ3) is 4.64. The van der Waals surface area contributed by atoms with Crippen molar-refractivity contribution < 1.29 is 19.1 Å². The van der Waals surface area contributed by atoms with E-state index in [1.54, 1.807) is 37.6 Å². The molecule has 4 rings (SSSR count). The molecule has 0 radical (unpaired) electrons. The lowest BCUT2D eigenvalue weighted by molar-refractivity contribution is -0.131. The zero-order valence-corrected chi connectivity index (χ0v) is 17.9. The van der Waals surface area contributed by atoms with Crippen molar-refractivity contribution in [2.75, 3.05) is 14.2 Å². The summed E-state index contributed by atoms with van der Waals surface area (Å²) >= 11 is 0. The van der Waals surface area contributed by atoms with E-state index < -0.39 is 6.03 Å². The summed E-state index contributed by atoms with van der Waals surface area (Å²) < 4.78 is 11.7. The number of nitrogens with one attached hydrogen (secondary N) is 1. The number of carbonyl (C=O) groups is 2. The Bertz CT molecular complexity index is 930. The second kappa shape index (κ2) is 9.34. The molecule has 1 aromatic carbocycles. The maximum absolute atomic E-state index is 12.7. The van der Waals surface area contributed by atoms with Gasteiger partial charge in [-0.2, -0.15) is 5.01 Å². The molecule has 0 bridgehead atoms. The van der Waals surface area contributed by atoms with Crippen molar-refractivity contribution in [3.05, 3.63) is 53.9 Å². The van der Waals surface area contributed by atoms with Gasteiger partial charge in [-0.05, 0) is 55.0 Å². The van der Waals surface area contributed by atoms with Gasteiger partial charge in [0.2, 0.25) is 5.91 Å². The fourth-order valence-corrected chi connectivity index (χ4v) is 4.22. The zero-order valence-electron chi connectivity index (χ0n) is 17.9. The van der Waals surface area contributed by atoms with Gasteiger partial charge >= 0.3 is 6.03 Å². The molecule has 0 unspecified atom stereocenters. The number of imide groups is 1. The summed E-state index contributed by atoms with van der Waals surface area (Å²) in [6.07, 6.45) is 8.20. The Labute approximate surface area is 182 Å². The Morgan fingerprint density at radius 3 is 2.74 bits per heavy atom. The highest BCUT2D eigenvalue weighted by Gasteiger charge is 2.40. The number of hydrogen-bond donors (Lipinski definition) is 1. The average molecular weight is 425 g/mol. The summed E-state index contributed by atoms with van der Waals surface area (Å²) in [5.41, 5.74) is 1.78. The van der Waals surface area contributed by atoms with Gasteiger partial charge in [0.05, 0.1) is 25.7 Å². The SMILES string of the molecule is COc1ccc([C@@H]2CC(=O)N(C(=O)NCc3cccnc3)N2C)cc1OC1CCCC1. The first-order valence-electron chi connectivity index (χ1n) is 10.6. The molecule has 2 heterocycles. The molecule has 8 nitrogen and oxygen atoms in total. The van der Waals surface area contributed by atoms with E-state index in [2.05, 4.69) is 10.3 Å². The highest BCUT2D eigenvalue weighted by Crippen LogP contribution is 2.38. The monoisotopic (exact) mass is 424 g/mol. The minimum Gasteiger partial charge on any atom is -0.493 e. The number of carbonyl (C=O) groups excluding carboxylic acids is 2. The van der Waals surface area contributed by atoms with Gasteiger partial charge in [0.15, 0.2) is 11.5 Å². The molecule has 164 valence electrons. The summed E-state index contributed by atoms with van der Waals surface area (Å²) in [6.45, 7) is 0.302. The zero-order chi connectivity index (χ0) is 21.8. The van der Waals surface area contributed by atoms with Gasteiger partial charge in [0, 0.05) is 26.0 Å². The Morgan fingerprint density at radius 1 is 1.23 bits per heavy atom. The third-order valence-corrected chi connectivity index (χ3v) is 5.90. The summed E-state index contributed by atoms with van der Waals surface area (Å²) in [7, 11) is 3.37. The van der Waals surface area contributed by atoms with E-state index in [1.807, 2.05) is 24.3 Å². The van der Waals surface area contributed by atoms with Crippen LogP contribution in [0.5, 0.6) is 11.5 Å². The Morgan fingerprint density at radius 2 is 2.03 bits per heavy atom. The number of amides is 3. The highest BCUT2D eigenvalue weighted by atomic mass is 16.5. The van der Waals surface area contributed by atoms with Crippen LogP contribution in [0.3, 0.4) is 0 Å². The van der Waals surface area contributed by atoms with Gasteiger partial charge in [0.25, 0.3) is 0 Å². The largest absolute Gasteiger partial charge is 0.493 e. The van der Waals surface area contributed by atoms with E-state index in [0.717, 1.165) is 24.0 Å². The van der Waals surface area contributed by atoms with E-state index in [1.165, 1.54) is 17.9 Å². The predicted molar refractivity (Wildman–Crippen MR) is 114 cm³/mol. The fraction of sp³-hybridized carbons (Fsp3) is 0.435. The quantitative estimate of drug-likeness (QED) is 0.765. The maximum atomic E-state index is 12.7. The van der Waals surface area contributed by atoms with Gasteiger partial charge in [0.1, 0.15) is 0 Å². The molecule has 3 amide bonds. The summed E-state index contributed by atoms with van der Waals surface area (Å²) in [4.78, 5) is 29.4. The lowest BCUT2D eigenvalue weighted by Crippen LogP contribution is -2.47. The molecular weight excluding hydrogens is 396 g/mol. The van der Waals surface area contributed by atoms with Crippen molar-refractivity contribution in [1.82, 2.24) is 20.3 Å². The van der Waals surface area contributed by atoms with Crippen LogP contribution in [0.15, 0.2) is 42.7 Å². The molecule has 2 fully saturated rings. The minimum atomic E-state index is -0.449. The van der Waals surface area contributed by atoms with E-state index in [-0.39, 0.29) is 24.5 Å². The number of ether oxygens (including phenoxy) is 2. The summed E-state index contributed by atoms with van der Waals surface area (Å²) in [5.74, 6) is 1.12. The molecule has 0 spiro atoms. The standard InChI is InChI=1S/C23H28N4O4/c1-26-19(13-22(28)27(26)23(29)25-15-16-6-5-11-24-14-16)17-9-10-20(30-2)21(12-17)31-18-7-3-4-8-18/h5-6,9-12,14,18-19H,3-4,7-8,13,15H2,1-2H3,(H,25,29)/t19-/m0/s1. The van der Waals surface area contributed by atoms with Crippen LogP contribution in [0.4, 0.5) is 4.79 Å². The van der Waals surface area contributed by atoms with Crippen LogP contribution in [0, 0.1) is 0 Å². The van der Waals surface area contributed by atoms with Crippen molar-refractivity contribution >= 4 is 11.9 Å². The van der Waals surface area contributed by atoms with E-state index >= 15 is 0 Å². The second-order valence-corrected chi connectivity index (χ2v) is 7.95. The minimum absolute atomic E-state index is 0.196. The normalized spacial score (nSPS) is 19.6. The summed E-state index contributed by atoms with van der Waals surface area (Å²) in [6, 6.07) is 8.69. The first-order chi connectivity index (χ1) is 15.1. The number of hydrogen-bond acceptors (Lipinski definition) is 6. The number of urea groups is 1. The molecule has 2 aromatic rings. The lowest BCUT2D eigenvalue weighted by atomic mass is 10.0. The number of methoxy groups -OCH3 is 1. The van der Waals surface area contributed by atoms with Crippen molar-refractivity contribution in [2.24, 2.45) is 0 Å². The van der Waals surface area contributed by atoms with Crippen LogP contribution in [0.2, 0.25) is 0 Å². The van der Waals surface area contributed by atoms with E-state index in [0.29, 0.717) is 18.0 Å². The third-order valence-electron chi connectivity index (χ3n) is 5.90. The smallest absolute Gasteiger partial charge is 0.339 e. The Balaban J connectivity index is 1.47. The molecular formula is C23H28N4O4. The molecule has 1 N–H and O–H groups in total. The van der Waals surface area contributed by atoms with Crippen LogP contribution < -0.4 is 14.8 Å². The molecule has 1 aliphatic heterocycles. The number of aromatic nitrogens is 1. The number of benzene rings is 1. The van der Waals surface area contributed by atoms with E-state index in [9.17, 15) is 9.59 Å². The Hall–Kier alpha value is -3.13. The second-order valence-electron chi connectivity index (χ2n) is 7.95. The van der Waals surface area contributed by atoms with Crippen LogP contribution >= 0.6 is 0 Å². The first kappa shape index (κ1) is 21.1. The Kier molecular flexibility index (Phi) is 6.36. The number of nitrogens with zero attached hydrogens (tertiary/aromatic N) is 3. The molecule has 8 heteroatoms. The van der Waals surface area contributed by atoms with Gasteiger partial charge in [-0.15, -0.1) is 0 Å². The molecule has 1 saturated carbocycles. The number of rotatable bonds is 6. The number of pyridine rings is 1. The van der Waals surface area contributed by atoms with E-state index in [4.69, 9.17) is 9.47 Å². The highest BCUT2D eigenvalue weighted by molar-refractivity contribution is 5.95.